The summed E-state index contributed by atoms with van der Waals surface area (Å²) in [4.78, 5) is 20.1. The van der Waals surface area contributed by atoms with E-state index in [0.29, 0.717) is 11.4 Å². The molecule has 2 aromatic rings. The second-order valence-corrected chi connectivity index (χ2v) is 7.94. The molecule has 7 heteroatoms. The maximum atomic E-state index is 14.2. The maximum Gasteiger partial charge on any atom is 0.226 e. The molecular formula is C22H21ClF2N2O2. The Bertz CT molecular complexity index is 946. The van der Waals surface area contributed by atoms with E-state index < -0.39 is 11.6 Å². The highest BCUT2D eigenvalue weighted by atomic mass is 35.5. The van der Waals surface area contributed by atoms with Crippen LogP contribution in [-0.4, -0.2) is 29.2 Å². The molecule has 1 heterocycles. The summed E-state index contributed by atoms with van der Waals surface area (Å²) in [7, 11) is 0. The molecule has 1 aliphatic carbocycles. The second-order valence-electron chi connectivity index (χ2n) is 7.53. The number of hydrogen-bond donors (Lipinski definition) is 0. The van der Waals surface area contributed by atoms with Crippen LogP contribution >= 0.6 is 11.6 Å². The van der Waals surface area contributed by atoms with Gasteiger partial charge in [0.2, 0.25) is 5.91 Å². The molecule has 1 atom stereocenters. The van der Waals surface area contributed by atoms with Crippen molar-refractivity contribution >= 4 is 23.2 Å². The Labute approximate surface area is 173 Å². The molecule has 1 saturated carbocycles. The number of rotatable bonds is 6. The monoisotopic (exact) mass is 418 g/mol. The first-order valence-electron chi connectivity index (χ1n) is 9.71. The Hall–Kier alpha value is -2.47. The fourth-order valence-electron chi connectivity index (χ4n) is 3.63. The molecule has 0 saturated heterocycles. The fourth-order valence-corrected chi connectivity index (χ4v) is 3.87. The van der Waals surface area contributed by atoms with Crippen molar-refractivity contribution in [1.29, 1.82) is 0 Å². The molecule has 4 rings (SSSR count). The van der Waals surface area contributed by atoms with Gasteiger partial charge < -0.3 is 9.74 Å². The van der Waals surface area contributed by atoms with Gasteiger partial charge in [0.15, 0.2) is 6.10 Å². The first kappa shape index (κ1) is 19.8. The van der Waals surface area contributed by atoms with Crippen LogP contribution in [0, 0.1) is 17.6 Å². The molecule has 2 aromatic carbocycles. The van der Waals surface area contributed by atoms with Crippen molar-refractivity contribution in [3.8, 4) is 0 Å². The molecule has 2 aliphatic rings. The highest BCUT2D eigenvalue weighted by molar-refractivity contribution is 6.34. The van der Waals surface area contributed by atoms with Crippen LogP contribution in [0.3, 0.4) is 0 Å². The van der Waals surface area contributed by atoms with Gasteiger partial charge in [0.1, 0.15) is 11.6 Å². The van der Waals surface area contributed by atoms with Crippen molar-refractivity contribution in [2.45, 2.75) is 38.3 Å². The van der Waals surface area contributed by atoms with Gasteiger partial charge in [-0.1, -0.05) is 47.4 Å². The van der Waals surface area contributed by atoms with E-state index in [1.807, 2.05) is 18.2 Å². The lowest BCUT2D eigenvalue weighted by Crippen LogP contribution is -2.42. The van der Waals surface area contributed by atoms with E-state index in [0.717, 1.165) is 36.6 Å². The molecule has 0 unspecified atom stereocenters. The van der Waals surface area contributed by atoms with E-state index in [4.69, 9.17) is 16.4 Å². The highest BCUT2D eigenvalue weighted by Gasteiger charge is 2.33. The van der Waals surface area contributed by atoms with Crippen molar-refractivity contribution in [1.82, 2.24) is 4.90 Å². The Morgan fingerprint density at radius 2 is 2.00 bits per heavy atom. The summed E-state index contributed by atoms with van der Waals surface area (Å²) in [6.45, 7) is 0.354. The molecule has 0 N–H and O–H groups in total. The molecule has 0 radical (unpaired) electrons. The van der Waals surface area contributed by atoms with Crippen molar-refractivity contribution in [3.05, 3.63) is 70.2 Å². The van der Waals surface area contributed by atoms with Gasteiger partial charge in [-0.2, -0.15) is 0 Å². The lowest BCUT2D eigenvalue weighted by molar-refractivity contribution is -0.140. The summed E-state index contributed by atoms with van der Waals surface area (Å²) < 4.78 is 27.4. The van der Waals surface area contributed by atoms with Gasteiger partial charge in [0.25, 0.3) is 0 Å². The van der Waals surface area contributed by atoms with Gasteiger partial charge in [-0.3, -0.25) is 4.79 Å². The molecule has 1 fully saturated rings. The minimum Gasteiger partial charge on any atom is -0.390 e. The van der Waals surface area contributed by atoms with Crippen LogP contribution in [0.1, 0.15) is 36.8 Å². The zero-order valence-corrected chi connectivity index (χ0v) is 16.5. The molecule has 0 aromatic heterocycles. The van der Waals surface area contributed by atoms with Gasteiger partial charge in [-0.25, -0.2) is 8.78 Å². The van der Waals surface area contributed by atoms with E-state index in [9.17, 15) is 13.6 Å². The Morgan fingerprint density at radius 3 is 2.69 bits per heavy atom. The quantitative estimate of drug-likeness (QED) is 0.666. The molecule has 1 aliphatic heterocycles. The summed E-state index contributed by atoms with van der Waals surface area (Å²) in [6.07, 6.45) is 2.87. The zero-order valence-electron chi connectivity index (χ0n) is 15.8. The normalized spacial score (nSPS) is 18.7. The predicted molar refractivity (Wildman–Crippen MR) is 107 cm³/mol. The minimum atomic E-state index is -0.656. The summed E-state index contributed by atoms with van der Waals surface area (Å²) in [6, 6.07) is 10.8. The predicted octanol–water partition coefficient (Wildman–Crippen LogP) is 4.94. The van der Waals surface area contributed by atoms with Crippen molar-refractivity contribution < 1.29 is 18.4 Å². The maximum absolute atomic E-state index is 14.2. The average Bonchev–Trinajstić information content (AvgIpc) is 3.10. The third-order valence-corrected chi connectivity index (χ3v) is 5.81. The number of benzene rings is 2. The van der Waals surface area contributed by atoms with Crippen LogP contribution in [0.2, 0.25) is 5.02 Å². The number of carbonyl (C=O) groups is 1. The number of nitrogens with zero attached hydrogens (tertiary/aromatic N) is 2. The molecule has 29 heavy (non-hydrogen) atoms. The largest absolute Gasteiger partial charge is 0.390 e. The van der Waals surface area contributed by atoms with E-state index >= 15 is 0 Å². The van der Waals surface area contributed by atoms with Crippen LogP contribution in [0.4, 0.5) is 8.78 Å². The van der Waals surface area contributed by atoms with Gasteiger partial charge >= 0.3 is 0 Å². The van der Waals surface area contributed by atoms with Gasteiger partial charge in [-0.05, 0) is 25.0 Å². The Kier molecular flexibility index (Phi) is 5.81. The number of oxime groups is 1. The molecule has 4 nitrogen and oxygen atoms in total. The Morgan fingerprint density at radius 1 is 1.21 bits per heavy atom. The van der Waals surface area contributed by atoms with Crippen LogP contribution in [0.5, 0.6) is 0 Å². The molecule has 0 spiro atoms. The lowest BCUT2D eigenvalue weighted by Gasteiger charge is -2.32. The first-order chi connectivity index (χ1) is 14.0. The van der Waals surface area contributed by atoms with Crippen molar-refractivity contribution in [2.75, 3.05) is 6.54 Å². The summed E-state index contributed by atoms with van der Waals surface area (Å²) in [5, 5.41) is 4.74. The smallest absolute Gasteiger partial charge is 0.226 e. The van der Waals surface area contributed by atoms with Gasteiger partial charge in [0, 0.05) is 41.1 Å². The number of carbonyl (C=O) groups excluding carboxylic acids is 1. The number of halogens is 3. The summed E-state index contributed by atoms with van der Waals surface area (Å²) in [5.74, 6) is -1.35. The minimum absolute atomic E-state index is 0.0187. The topological polar surface area (TPSA) is 41.9 Å². The van der Waals surface area contributed by atoms with E-state index in [1.54, 1.807) is 11.0 Å². The van der Waals surface area contributed by atoms with Gasteiger partial charge in [0.05, 0.1) is 12.3 Å². The Balaban J connectivity index is 1.47. The molecule has 152 valence electrons. The van der Waals surface area contributed by atoms with Crippen LogP contribution in [-0.2, 0) is 16.2 Å². The van der Waals surface area contributed by atoms with Gasteiger partial charge in [-0.15, -0.1) is 0 Å². The number of hydrogen-bond acceptors (Lipinski definition) is 3. The molecule has 0 bridgehead atoms. The van der Waals surface area contributed by atoms with Crippen molar-refractivity contribution in [3.63, 3.8) is 0 Å². The standard InChI is InChI=1S/C22H21ClF2N2O2/c23-19-7-2-1-6-18(19)21-11-17(29-26-21)13-27(22(28)14-4-3-5-14)12-15-8-9-16(24)10-20(15)25/h1-2,6-10,14,17H,3-5,11-13H2/t17-/m1/s1. The fraction of sp³-hybridized carbons (Fsp3) is 0.364. The van der Waals surface area contributed by atoms with Crippen LogP contribution < -0.4 is 0 Å². The highest BCUT2D eigenvalue weighted by Crippen LogP contribution is 2.30. The zero-order chi connectivity index (χ0) is 20.4. The van der Waals surface area contributed by atoms with E-state index in [2.05, 4.69) is 5.16 Å². The van der Waals surface area contributed by atoms with E-state index in [1.165, 1.54) is 12.1 Å². The summed E-state index contributed by atoms with van der Waals surface area (Å²) >= 11 is 6.24. The average molecular weight is 419 g/mol. The van der Waals surface area contributed by atoms with Crippen LogP contribution in [0.15, 0.2) is 47.6 Å². The number of amides is 1. The molecule has 1 amide bonds. The molecular weight excluding hydrogens is 398 g/mol. The summed E-state index contributed by atoms with van der Waals surface area (Å²) in [5.41, 5.74) is 1.81. The van der Waals surface area contributed by atoms with Crippen LogP contribution in [0.25, 0.3) is 0 Å². The lowest BCUT2D eigenvalue weighted by atomic mass is 9.84. The first-order valence-corrected chi connectivity index (χ1v) is 10.1. The third kappa shape index (κ3) is 4.42. The van der Waals surface area contributed by atoms with Crippen molar-refractivity contribution in [2.24, 2.45) is 11.1 Å². The second kappa shape index (κ2) is 8.49. The SMILES string of the molecule is O=C(C1CCC1)N(Cc1ccc(F)cc1F)C[C@H]1CC(c2ccccc2Cl)=NO1. The van der Waals surface area contributed by atoms with E-state index in [-0.39, 0.29) is 36.6 Å². The third-order valence-electron chi connectivity index (χ3n) is 5.48.